The van der Waals surface area contributed by atoms with Gasteiger partial charge in [-0.15, -0.1) is 0 Å². The van der Waals surface area contributed by atoms with Gasteiger partial charge in [-0.05, 0) is 43.4 Å². The lowest BCUT2D eigenvalue weighted by molar-refractivity contribution is -0.135. The Morgan fingerprint density at radius 2 is 1.95 bits per heavy atom. The van der Waals surface area contributed by atoms with Crippen LogP contribution in [0.1, 0.15) is 31.2 Å². The minimum absolute atomic E-state index is 0.0542. The summed E-state index contributed by atoms with van der Waals surface area (Å²) in [6.07, 6.45) is 4.04. The van der Waals surface area contributed by atoms with Gasteiger partial charge < -0.3 is 10.0 Å². The summed E-state index contributed by atoms with van der Waals surface area (Å²) in [6, 6.07) is 8.44. The molecule has 2 aliphatic rings. The summed E-state index contributed by atoms with van der Waals surface area (Å²) >= 11 is 3.43. The summed E-state index contributed by atoms with van der Waals surface area (Å²) in [5.41, 5.74) is 0.808. The van der Waals surface area contributed by atoms with Crippen LogP contribution >= 0.6 is 15.9 Å². The van der Waals surface area contributed by atoms with Crippen molar-refractivity contribution < 1.29 is 9.90 Å². The lowest BCUT2D eigenvalue weighted by Gasteiger charge is -2.27. The third-order valence-electron chi connectivity index (χ3n) is 4.15. The fourth-order valence-electron chi connectivity index (χ4n) is 2.74. The molecular formula is C15H18BrNO2. The molecule has 1 aromatic carbocycles. The molecule has 0 spiro atoms. The van der Waals surface area contributed by atoms with Crippen LogP contribution < -0.4 is 0 Å². The third kappa shape index (κ3) is 2.43. The highest BCUT2D eigenvalue weighted by Crippen LogP contribution is 2.50. The Balaban J connectivity index is 1.83. The molecule has 0 aliphatic heterocycles. The quantitative estimate of drug-likeness (QED) is 0.904. The van der Waals surface area contributed by atoms with Crippen LogP contribution in [0.4, 0.5) is 0 Å². The molecule has 2 aliphatic carbocycles. The standard InChI is InChI=1S/C15H18BrNO2/c16-12-3-1-11(2-4-12)15(7-8-15)14(19)17(9-10-18)13-5-6-13/h1-4,13,18H,5-10H2. The maximum atomic E-state index is 12.8. The number of hydrogen-bond acceptors (Lipinski definition) is 2. The molecule has 0 radical (unpaired) electrons. The van der Waals surface area contributed by atoms with Crippen LogP contribution in [0.25, 0.3) is 0 Å². The average Bonchev–Trinajstić information content (AvgIpc) is 3.28. The van der Waals surface area contributed by atoms with Gasteiger partial charge in [0.2, 0.25) is 5.91 Å². The maximum Gasteiger partial charge on any atom is 0.233 e. The first-order chi connectivity index (χ1) is 9.17. The summed E-state index contributed by atoms with van der Waals surface area (Å²) in [4.78, 5) is 14.7. The molecule has 3 rings (SSSR count). The molecular weight excluding hydrogens is 306 g/mol. The van der Waals surface area contributed by atoms with Crippen LogP contribution in [0, 0.1) is 0 Å². The molecule has 0 unspecified atom stereocenters. The van der Waals surface area contributed by atoms with Crippen molar-refractivity contribution in [3.63, 3.8) is 0 Å². The first-order valence-corrected chi connectivity index (χ1v) is 7.65. The Morgan fingerprint density at radius 3 is 2.42 bits per heavy atom. The largest absolute Gasteiger partial charge is 0.395 e. The van der Waals surface area contributed by atoms with E-state index in [2.05, 4.69) is 15.9 Å². The zero-order valence-electron chi connectivity index (χ0n) is 10.8. The number of carbonyl (C=O) groups excluding carboxylic acids is 1. The first-order valence-electron chi connectivity index (χ1n) is 6.85. The minimum Gasteiger partial charge on any atom is -0.395 e. The highest BCUT2D eigenvalue weighted by atomic mass is 79.9. The minimum atomic E-state index is -0.307. The Hall–Kier alpha value is -0.870. The second kappa shape index (κ2) is 4.91. The predicted molar refractivity (Wildman–Crippen MR) is 76.9 cm³/mol. The number of benzene rings is 1. The van der Waals surface area contributed by atoms with Crippen LogP contribution in [0.15, 0.2) is 28.7 Å². The molecule has 0 heterocycles. The molecule has 1 aromatic rings. The number of aliphatic hydroxyl groups excluding tert-OH is 1. The zero-order valence-corrected chi connectivity index (χ0v) is 12.4. The number of hydrogen-bond donors (Lipinski definition) is 1. The number of amides is 1. The van der Waals surface area contributed by atoms with Crippen LogP contribution in [-0.2, 0) is 10.2 Å². The van der Waals surface area contributed by atoms with E-state index in [1.165, 1.54) is 0 Å². The molecule has 0 saturated heterocycles. The summed E-state index contributed by atoms with van der Waals surface area (Å²) < 4.78 is 1.04. The van der Waals surface area contributed by atoms with Crippen molar-refractivity contribution in [1.29, 1.82) is 0 Å². The maximum absolute atomic E-state index is 12.8. The SMILES string of the molecule is O=C(N(CCO)C1CC1)C1(c2ccc(Br)cc2)CC1. The highest BCUT2D eigenvalue weighted by molar-refractivity contribution is 9.10. The summed E-state index contributed by atoms with van der Waals surface area (Å²) in [5, 5.41) is 9.16. The van der Waals surface area contributed by atoms with Crippen molar-refractivity contribution >= 4 is 21.8 Å². The van der Waals surface area contributed by atoms with E-state index < -0.39 is 0 Å². The van der Waals surface area contributed by atoms with Gasteiger partial charge >= 0.3 is 0 Å². The predicted octanol–water partition coefficient (Wildman–Crippen LogP) is 2.46. The van der Waals surface area contributed by atoms with E-state index in [-0.39, 0.29) is 17.9 Å². The molecule has 4 heteroatoms. The molecule has 0 atom stereocenters. The normalized spacial score (nSPS) is 20.1. The van der Waals surface area contributed by atoms with Gasteiger partial charge in [-0.3, -0.25) is 4.79 Å². The Labute approximate surface area is 121 Å². The fourth-order valence-corrected chi connectivity index (χ4v) is 3.00. The van der Waals surface area contributed by atoms with Crippen molar-refractivity contribution in [2.75, 3.05) is 13.2 Å². The van der Waals surface area contributed by atoms with E-state index in [1.807, 2.05) is 29.2 Å². The third-order valence-corrected chi connectivity index (χ3v) is 4.67. The van der Waals surface area contributed by atoms with E-state index >= 15 is 0 Å². The molecule has 2 fully saturated rings. The molecule has 2 saturated carbocycles. The number of halogens is 1. The van der Waals surface area contributed by atoms with Gasteiger partial charge in [0.15, 0.2) is 0 Å². The van der Waals surface area contributed by atoms with Crippen LogP contribution in [0.3, 0.4) is 0 Å². The summed E-state index contributed by atoms with van der Waals surface area (Å²) in [7, 11) is 0. The lowest BCUT2D eigenvalue weighted by Crippen LogP contribution is -2.42. The van der Waals surface area contributed by atoms with Gasteiger partial charge in [-0.25, -0.2) is 0 Å². The van der Waals surface area contributed by atoms with Gasteiger partial charge in [0.05, 0.1) is 12.0 Å². The highest BCUT2D eigenvalue weighted by Gasteiger charge is 2.54. The van der Waals surface area contributed by atoms with Crippen molar-refractivity contribution in [1.82, 2.24) is 4.90 Å². The molecule has 3 nitrogen and oxygen atoms in total. The molecule has 0 bridgehead atoms. The smallest absolute Gasteiger partial charge is 0.233 e. The van der Waals surface area contributed by atoms with E-state index in [4.69, 9.17) is 5.11 Å². The van der Waals surface area contributed by atoms with Gasteiger partial charge in [-0.1, -0.05) is 28.1 Å². The second-order valence-electron chi connectivity index (χ2n) is 5.54. The van der Waals surface area contributed by atoms with Crippen molar-refractivity contribution in [3.8, 4) is 0 Å². The van der Waals surface area contributed by atoms with E-state index in [1.54, 1.807) is 0 Å². The Bertz CT molecular complexity index is 477. The summed E-state index contributed by atoms with van der Waals surface area (Å²) in [5.74, 6) is 0.214. The summed E-state index contributed by atoms with van der Waals surface area (Å²) in [6.45, 7) is 0.528. The Morgan fingerprint density at radius 1 is 1.32 bits per heavy atom. The fraction of sp³-hybridized carbons (Fsp3) is 0.533. The van der Waals surface area contributed by atoms with Gasteiger partial charge in [-0.2, -0.15) is 0 Å². The zero-order chi connectivity index (χ0) is 13.5. The van der Waals surface area contributed by atoms with Crippen molar-refractivity contribution in [3.05, 3.63) is 34.3 Å². The Kier molecular flexibility index (Phi) is 3.39. The van der Waals surface area contributed by atoms with Gasteiger partial charge in [0.1, 0.15) is 0 Å². The van der Waals surface area contributed by atoms with Gasteiger partial charge in [0.25, 0.3) is 0 Å². The second-order valence-corrected chi connectivity index (χ2v) is 6.46. The number of rotatable bonds is 5. The van der Waals surface area contributed by atoms with E-state index in [0.717, 1.165) is 35.7 Å². The van der Waals surface area contributed by atoms with Crippen molar-refractivity contribution in [2.45, 2.75) is 37.1 Å². The van der Waals surface area contributed by atoms with Gasteiger partial charge in [0, 0.05) is 17.1 Å². The molecule has 102 valence electrons. The van der Waals surface area contributed by atoms with Crippen LogP contribution in [0.2, 0.25) is 0 Å². The van der Waals surface area contributed by atoms with E-state index in [9.17, 15) is 4.79 Å². The monoisotopic (exact) mass is 323 g/mol. The van der Waals surface area contributed by atoms with E-state index in [0.29, 0.717) is 12.6 Å². The molecule has 19 heavy (non-hydrogen) atoms. The molecule has 0 aromatic heterocycles. The first kappa shape index (κ1) is 13.1. The topological polar surface area (TPSA) is 40.5 Å². The molecule has 1 amide bonds. The number of aliphatic hydroxyl groups is 1. The lowest BCUT2D eigenvalue weighted by atomic mass is 9.94. The van der Waals surface area contributed by atoms with Crippen LogP contribution in [-0.4, -0.2) is 35.1 Å². The number of carbonyl (C=O) groups is 1. The van der Waals surface area contributed by atoms with Crippen LogP contribution in [0.5, 0.6) is 0 Å². The van der Waals surface area contributed by atoms with Crippen molar-refractivity contribution in [2.24, 2.45) is 0 Å². The number of nitrogens with zero attached hydrogens (tertiary/aromatic N) is 1. The average molecular weight is 324 g/mol. The molecule has 1 N–H and O–H groups in total.